The zero-order valence-electron chi connectivity index (χ0n) is 12.4. The third kappa shape index (κ3) is 3.88. The van der Waals surface area contributed by atoms with Gasteiger partial charge < -0.3 is 10.6 Å². The molecule has 1 aliphatic rings. The lowest BCUT2D eigenvalue weighted by molar-refractivity contribution is -0.122. The Morgan fingerprint density at radius 2 is 2.00 bits per heavy atom. The van der Waals surface area contributed by atoms with Gasteiger partial charge in [0.05, 0.1) is 6.54 Å². The minimum atomic E-state index is 0. The lowest BCUT2D eigenvalue weighted by atomic mass is 10.1. The normalized spacial score (nSPS) is 20.4. The van der Waals surface area contributed by atoms with Gasteiger partial charge in [0.15, 0.2) is 0 Å². The quantitative estimate of drug-likeness (QED) is 0.922. The van der Waals surface area contributed by atoms with E-state index in [0.717, 1.165) is 24.9 Å². The van der Waals surface area contributed by atoms with Crippen molar-refractivity contribution in [1.82, 2.24) is 0 Å². The molecule has 0 spiro atoms. The molecule has 0 radical (unpaired) electrons. The molecule has 1 aromatic heterocycles. The fourth-order valence-electron chi connectivity index (χ4n) is 2.93. The molecule has 3 nitrogen and oxygen atoms in total. The van der Waals surface area contributed by atoms with Gasteiger partial charge in [-0.05, 0) is 53.8 Å². The highest BCUT2D eigenvalue weighted by Gasteiger charge is 2.31. The number of benzene rings is 1. The number of carbonyl (C=O) groups is 1. The number of nitrogens with two attached hydrogens (primary N) is 1. The monoisotopic (exact) mass is 336 g/mol. The van der Waals surface area contributed by atoms with Crippen LogP contribution in [0.25, 0.3) is 0 Å². The number of nitrogens with zero attached hydrogens (tertiary/aromatic N) is 1. The van der Waals surface area contributed by atoms with Gasteiger partial charge in [-0.25, -0.2) is 0 Å². The summed E-state index contributed by atoms with van der Waals surface area (Å²) in [4.78, 5) is 14.8. The van der Waals surface area contributed by atoms with E-state index in [9.17, 15) is 4.79 Å². The Balaban J connectivity index is 0.00000176. The van der Waals surface area contributed by atoms with Crippen LogP contribution in [0.2, 0.25) is 0 Å². The van der Waals surface area contributed by atoms with Gasteiger partial charge in [-0.3, -0.25) is 4.79 Å². The van der Waals surface area contributed by atoms with E-state index in [-0.39, 0.29) is 30.3 Å². The number of amides is 1. The number of thiophene rings is 1. The van der Waals surface area contributed by atoms with Crippen LogP contribution in [-0.4, -0.2) is 11.9 Å². The molecule has 1 fully saturated rings. The van der Waals surface area contributed by atoms with E-state index in [4.69, 9.17) is 5.73 Å². The number of carbonyl (C=O) groups excluding carboxylic acids is 1. The fourth-order valence-corrected chi connectivity index (χ4v) is 3.59. The summed E-state index contributed by atoms with van der Waals surface area (Å²) < 4.78 is 0. The van der Waals surface area contributed by atoms with Crippen LogP contribution in [0, 0.1) is 5.92 Å². The highest BCUT2D eigenvalue weighted by Crippen LogP contribution is 2.29. The van der Waals surface area contributed by atoms with Crippen molar-refractivity contribution in [3.8, 4) is 0 Å². The van der Waals surface area contributed by atoms with Gasteiger partial charge in [-0.15, -0.1) is 12.4 Å². The van der Waals surface area contributed by atoms with Crippen molar-refractivity contribution in [1.29, 1.82) is 0 Å². The van der Waals surface area contributed by atoms with Gasteiger partial charge in [0.2, 0.25) is 5.91 Å². The molecule has 3 rings (SSSR count). The van der Waals surface area contributed by atoms with Gasteiger partial charge in [0, 0.05) is 17.6 Å². The molecule has 1 aromatic carbocycles. The molecule has 1 heterocycles. The summed E-state index contributed by atoms with van der Waals surface area (Å²) in [5.74, 6) is 0.277. The Morgan fingerprint density at radius 3 is 2.59 bits per heavy atom. The summed E-state index contributed by atoms with van der Waals surface area (Å²) in [6.07, 6.45) is 2.68. The first-order valence-electron chi connectivity index (χ1n) is 7.37. The summed E-state index contributed by atoms with van der Waals surface area (Å²) in [7, 11) is 0. The summed E-state index contributed by atoms with van der Waals surface area (Å²) in [5.41, 5.74) is 8.12. The lowest BCUT2D eigenvalue weighted by Gasteiger charge is -2.25. The molecule has 0 aliphatic heterocycles. The first-order valence-corrected chi connectivity index (χ1v) is 8.31. The molecule has 2 unspecified atom stereocenters. The van der Waals surface area contributed by atoms with Crippen LogP contribution in [0.3, 0.4) is 0 Å². The van der Waals surface area contributed by atoms with Crippen molar-refractivity contribution in [3.63, 3.8) is 0 Å². The topological polar surface area (TPSA) is 46.3 Å². The Kier molecular flexibility index (Phi) is 6.00. The third-order valence-corrected chi connectivity index (χ3v) is 4.81. The molecule has 5 heteroatoms. The van der Waals surface area contributed by atoms with E-state index in [1.54, 1.807) is 11.3 Å². The first-order chi connectivity index (χ1) is 10.2. The van der Waals surface area contributed by atoms with Crippen LogP contribution in [0.4, 0.5) is 5.69 Å². The highest BCUT2D eigenvalue weighted by atomic mass is 35.5. The molecule has 2 atom stereocenters. The number of hydrogen-bond acceptors (Lipinski definition) is 3. The summed E-state index contributed by atoms with van der Waals surface area (Å²) in [6, 6.07) is 12.2. The number of para-hydroxylation sites is 1. The predicted octanol–water partition coefficient (Wildman–Crippen LogP) is 3.83. The molecule has 118 valence electrons. The minimum absolute atomic E-state index is 0. The van der Waals surface area contributed by atoms with E-state index in [0.29, 0.717) is 6.54 Å². The van der Waals surface area contributed by atoms with Gasteiger partial charge >= 0.3 is 0 Å². The number of rotatable bonds is 4. The van der Waals surface area contributed by atoms with Crippen molar-refractivity contribution < 1.29 is 4.79 Å². The van der Waals surface area contributed by atoms with E-state index in [1.807, 2.05) is 35.2 Å². The number of halogens is 1. The molecule has 2 N–H and O–H groups in total. The molecule has 1 aliphatic carbocycles. The average Bonchev–Trinajstić information content (AvgIpc) is 3.16. The van der Waals surface area contributed by atoms with Crippen molar-refractivity contribution in [2.45, 2.75) is 31.8 Å². The second kappa shape index (κ2) is 7.77. The first kappa shape index (κ1) is 17.0. The average molecular weight is 337 g/mol. The van der Waals surface area contributed by atoms with Crippen LogP contribution >= 0.6 is 23.7 Å². The maximum absolute atomic E-state index is 12.9. The second-order valence-electron chi connectivity index (χ2n) is 5.66. The Morgan fingerprint density at radius 1 is 1.23 bits per heavy atom. The van der Waals surface area contributed by atoms with Gasteiger partial charge in [0.1, 0.15) is 0 Å². The van der Waals surface area contributed by atoms with Crippen molar-refractivity contribution in [2.24, 2.45) is 11.7 Å². The molecular weight excluding hydrogens is 316 g/mol. The molecular formula is C17H21ClN2OS. The van der Waals surface area contributed by atoms with Crippen molar-refractivity contribution >= 4 is 35.3 Å². The third-order valence-electron chi connectivity index (χ3n) is 4.08. The summed E-state index contributed by atoms with van der Waals surface area (Å²) in [6.45, 7) is 0.637. The SMILES string of the molecule is Cl.NC1CCC(C(=O)N(Cc2ccsc2)c2ccccc2)C1. The molecule has 1 saturated carbocycles. The van der Waals surface area contributed by atoms with Crippen LogP contribution in [0.5, 0.6) is 0 Å². The van der Waals surface area contributed by atoms with Crippen molar-refractivity contribution in [3.05, 3.63) is 52.7 Å². The maximum atomic E-state index is 12.9. The van der Waals surface area contributed by atoms with Gasteiger partial charge in [-0.1, -0.05) is 18.2 Å². The molecule has 2 aromatic rings. The largest absolute Gasteiger partial charge is 0.328 e. The second-order valence-corrected chi connectivity index (χ2v) is 6.44. The van der Waals surface area contributed by atoms with E-state index in [2.05, 4.69) is 16.8 Å². The summed E-state index contributed by atoms with van der Waals surface area (Å²) in [5, 5.41) is 4.15. The van der Waals surface area contributed by atoms with Gasteiger partial charge in [-0.2, -0.15) is 11.3 Å². The number of hydrogen-bond donors (Lipinski definition) is 1. The number of anilines is 1. The van der Waals surface area contributed by atoms with Crippen LogP contribution < -0.4 is 10.6 Å². The van der Waals surface area contributed by atoms with Crippen LogP contribution in [-0.2, 0) is 11.3 Å². The van der Waals surface area contributed by atoms with Crippen LogP contribution in [0.15, 0.2) is 47.2 Å². The predicted molar refractivity (Wildman–Crippen MR) is 94.5 cm³/mol. The maximum Gasteiger partial charge on any atom is 0.230 e. The minimum Gasteiger partial charge on any atom is -0.328 e. The highest BCUT2D eigenvalue weighted by molar-refractivity contribution is 7.07. The summed E-state index contributed by atoms with van der Waals surface area (Å²) >= 11 is 1.66. The lowest BCUT2D eigenvalue weighted by Crippen LogP contribution is -2.35. The molecule has 0 bridgehead atoms. The zero-order chi connectivity index (χ0) is 14.7. The standard InChI is InChI=1S/C17H20N2OS.ClH/c18-15-7-6-14(10-15)17(20)19(11-13-8-9-21-12-13)16-4-2-1-3-5-16;/h1-5,8-9,12,14-15H,6-7,10-11,18H2;1H. The van der Waals surface area contributed by atoms with E-state index >= 15 is 0 Å². The fraction of sp³-hybridized carbons (Fsp3) is 0.353. The molecule has 22 heavy (non-hydrogen) atoms. The zero-order valence-corrected chi connectivity index (χ0v) is 14.0. The Hall–Kier alpha value is -1.36. The Bertz CT molecular complexity index is 588. The smallest absolute Gasteiger partial charge is 0.230 e. The van der Waals surface area contributed by atoms with E-state index < -0.39 is 0 Å². The van der Waals surface area contributed by atoms with Crippen molar-refractivity contribution in [2.75, 3.05) is 4.90 Å². The Labute approximate surface area is 141 Å². The van der Waals surface area contributed by atoms with E-state index in [1.165, 1.54) is 5.56 Å². The van der Waals surface area contributed by atoms with Crippen LogP contribution in [0.1, 0.15) is 24.8 Å². The molecule has 1 amide bonds. The molecule has 0 saturated heterocycles. The van der Waals surface area contributed by atoms with Gasteiger partial charge in [0.25, 0.3) is 0 Å².